The Labute approximate surface area is 122 Å². The van der Waals surface area contributed by atoms with Gasteiger partial charge < -0.3 is 10.1 Å². The van der Waals surface area contributed by atoms with Crippen molar-refractivity contribution < 1.29 is 4.74 Å². The molecule has 0 radical (unpaired) electrons. The first kappa shape index (κ1) is 13.9. The van der Waals surface area contributed by atoms with Crippen LogP contribution in [0.3, 0.4) is 0 Å². The van der Waals surface area contributed by atoms with E-state index in [4.69, 9.17) is 4.74 Å². The fourth-order valence-electron chi connectivity index (χ4n) is 3.73. The van der Waals surface area contributed by atoms with Crippen LogP contribution < -0.4 is 10.1 Å². The Balaban J connectivity index is 1.66. The standard InChI is InChI=1S/C18H27NO/c1-18(2)10-8-14(9-11-18)19-17-7-5-13-4-6-15(20-3)12-16(13)17/h4,6,12,14,17,19H,5,7-11H2,1-3H3. The molecule has 1 aromatic rings. The fraction of sp³-hybridized carbons (Fsp3) is 0.667. The molecule has 2 nitrogen and oxygen atoms in total. The maximum Gasteiger partial charge on any atom is 0.119 e. The Bertz CT molecular complexity index is 470. The van der Waals surface area contributed by atoms with Crippen LogP contribution in [0.4, 0.5) is 0 Å². The zero-order valence-corrected chi connectivity index (χ0v) is 13.0. The van der Waals surface area contributed by atoms with Gasteiger partial charge in [0.05, 0.1) is 7.11 Å². The molecular formula is C18H27NO. The largest absolute Gasteiger partial charge is 0.497 e. The van der Waals surface area contributed by atoms with Crippen LogP contribution in [0, 0.1) is 5.41 Å². The number of benzene rings is 1. The van der Waals surface area contributed by atoms with Crippen molar-refractivity contribution >= 4 is 0 Å². The summed E-state index contributed by atoms with van der Waals surface area (Å²) in [5, 5.41) is 3.91. The van der Waals surface area contributed by atoms with Gasteiger partial charge in [0.15, 0.2) is 0 Å². The van der Waals surface area contributed by atoms with E-state index < -0.39 is 0 Å². The van der Waals surface area contributed by atoms with E-state index in [2.05, 4.69) is 37.4 Å². The topological polar surface area (TPSA) is 21.3 Å². The van der Waals surface area contributed by atoms with Gasteiger partial charge in [-0.1, -0.05) is 19.9 Å². The molecule has 1 saturated carbocycles. The summed E-state index contributed by atoms with van der Waals surface area (Å²) in [5.41, 5.74) is 3.52. The van der Waals surface area contributed by atoms with Gasteiger partial charge in [-0.15, -0.1) is 0 Å². The summed E-state index contributed by atoms with van der Waals surface area (Å²) in [6.45, 7) is 4.80. The van der Waals surface area contributed by atoms with Crippen LogP contribution in [-0.4, -0.2) is 13.2 Å². The maximum absolute atomic E-state index is 5.38. The number of rotatable bonds is 3. The highest BCUT2D eigenvalue weighted by atomic mass is 16.5. The second-order valence-electron chi connectivity index (χ2n) is 7.26. The lowest BCUT2D eigenvalue weighted by Gasteiger charge is -2.36. The summed E-state index contributed by atoms with van der Waals surface area (Å²) in [6.07, 6.45) is 7.79. The van der Waals surface area contributed by atoms with E-state index in [9.17, 15) is 0 Å². The van der Waals surface area contributed by atoms with Crippen molar-refractivity contribution in [1.82, 2.24) is 5.32 Å². The molecule has 0 amide bonds. The zero-order chi connectivity index (χ0) is 14.2. The molecule has 1 atom stereocenters. The molecule has 2 heteroatoms. The lowest BCUT2D eigenvalue weighted by molar-refractivity contribution is 0.198. The molecule has 2 aliphatic rings. The maximum atomic E-state index is 5.38. The van der Waals surface area contributed by atoms with Crippen molar-refractivity contribution in [3.8, 4) is 5.75 Å². The van der Waals surface area contributed by atoms with E-state index in [1.807, 2.05) is 0 Å². The number of hydrogen-bond acceptors (Lipinski definition) is 2. The van der Waals surface area contributed by atoms with Crippen LogP contribution in [-0.2, 0) is 6.42 Å². The Morgan fingerprint density at radius 3 is 2.60 bits per heavy atom. The van der Waals surface area contributed by atoms with Crippen molar-refractivity contribution in [3.63, 3.8) is 0 Å². The van der Waals surface area contributed by atoms with Gasteiger partial charge in [0, 0.05) is 12.1 Å². The third kappa shape index (κ3) is 2.85. The molecule has 0 bridgehead atoms. The summed E-state index contributed by atoms with van der Waals surface area (Å²) in [6, 6.07) is 7.79. The molecule has 2 aliphatic carbocycles. The summed E-state index contributed by atoms with van der Waals surface area (Å²) in [7, 11) is 1.75. The van der Waals surface area contributed by atoms with Gasteiger partial charge in [-0.3, -0.25) is 0 Å². The zero-order valence-electron chi connectivity index (χ0n) is 13.0. The van der Waals surface area contributed by atoms with E-state index in [-0.39, 0.29) is 0 Å². The van der Waals surface area contributed by atoms with E-state index >= 15 is 0 Å². The van der Waals surface area contributed by atoms with Gasteiger partial charge in [-0.2, -0.15) is 0 Å². The van der Waals surface area contributed by atoms with E-state index in [0.717, 1.165) is 5.75 Å². The highest BCUT2D eigenvalue weighted by Gasteiger charge is 2.30. The molecule has 1 aromatic carbocycles. The quantitative estimate of drug-likeness (QED) is 0.889. The van der Waals surface area contributed by atoms with Crippen molar-refractivity contribution in [2.75, 3.05) is 7.11 Å². The van der Waals surface area contributed by atoms with Crippen molar-refractivity contribution in [1.29, 1.82) is 0 Å². The minimum absolute atomic E-state index is 0.534. The molecule has 3 rings (SSSR count). The van der Waals surface area contributed by atoms with Gasteiger partial charge in [-0.25, -0.2) is 0 Å². The number of nitrogens with one attached hydrogen (secondary N) is 1. The number of fused-ring (bicyclic) bond motifs is 1. The average molecular weight is 273 g/mol. The SMILES string of the molecule is COc1ccc2c(c1)C(NC1CCC(C)(C)CC1)CC2. The minimum atomic E-state index is 0.534. The van der Waals surface area contributed by atoms with E-state index in [0.29, 0.717) is 17.5 Å². The van der Waals surface area contributed by atoms with Crippen molar-refractivity contribution in [2.24, 2.45) is 5.41 Å². The van der Waals surface area contributed by atoms with Gasteiger partial charge in [0.25, 0.3) is 0 Å². The molecule has 1 unspecified atom stereocenters. The van der Waals surface area contributed by atoms with Crippen LogP contribution in [0.25, 0.3) is 0 Å². The van der Waals surface area contributed by atoms with Gasteiger partial charge in [0.2, 0.25) is 0 Å². The number of hydrogen-bond donors (Lipinski definition) is 1. The van der Waals surface area contributed by atoms with Gasteiger partial charge in [0.1, 0.15) is 5.75 Å². The highest BCUT2D eigenvalue weighted by molar-refractivity contribution is 5.40. The van der Waals surface area contributed by atoms with Crippen LogP contribution in [0.15, 0.2) is 18.2 Å². The number of ether oxygens (including phenoxy) is 1. The number of methoxy groups -OCH3 is 1. The van der Waals surface area contributed by atoms with Gasteiger partial charge >= 0.3 is 0 Å². The first-order valence-electron chi connectivity index (χ1n) is 8.00. The van der Waals surface area contributed by atoms with Crippen molar-refractivity contribution in [2.45, 2.75) is 64.5 Å². The molecule has 0 saturated heterocycles. The molecular weight excluding hydrogens is 246 g/mol. The first-order valence-corrected chi connectivity index (χ1v) is 8.00. The predicted molar refractivity (Wildman–Crippen MR) is 83.2 cm³/mol. The molecule has 0 aliphatic heterocycles. The Kier molecular flexibility index (Phi) is 3.76. The summed E-state index contributed by atoms with van der Waals surface area (Å²) >= 11 is 0. The molecule has 0 aromatic heterocycles. The summed E-state index contributed by atoms with van der Waals surface area (Å²) < 4.78 is 5.38. The van der Waals surface area contributed by atoms with Crippen molar-refractivity contribution in [3.05, 3.63) is 29.3 Å². The molecule has 1 N–H and O–H groups in total. The average Bonchev–Trinajstić information content (AvgIpc) is 2.83. The highest BCUT2D eigenvalue weighted by Crippen LogP contribution is 2.38. The Morgan fingerprint density at radius 2 is 1.90 bits per heavy atom. The second kappa shape index (κ2) is 5.40. The smallest absolute Gasteiger partial charge is 0.119 e. The van der Waals surface area contributed by atoms with Crippen LogP contribution in [0.2, 0.25) is 0 Å². The van der Waals surface area contributed by atoms with Crippen LogP contribution >= 0.6 is 0 Å². The fourth-order valence-corrected chi connectivity index (χ4v) is 3.73. The lowest BCUT2D eigenvalue weighted by atomic mass is 9.75. The normalized spacial score (nSPS) is 25.4. The molecule has 110 valence electrons. The van der Waals surface area contributed by atoms with Gasteiger partial charge in [-0.05, 0) is 67.2 Å². The molecule has 0 heterocycles. The van der Waals surface area contributed by atoms with Crippen LogP contribution in [0.5, 0.6) is 5.75 Å². The predicted octanol–water partition coefficient (Wildman–Crippen LogP) is 4.24. The summed E-state index contributed by atoms with van der Waals surface area (Å²) in [4.78, 5) is 0. The van der Waals surface area contributed by atoms with E-state index in [1.165, 1.54) is 49.7 Å². The summed E-state index contributed by atoms with van der Waals surface area (Å²) in [5.74, 6) is 0.988. The Morgan fingerprint density at radius 1 is 1.15 bits per heavy atom. The number of aryl methyl sites for hydroxylation is 1. The Hall–Kier alpha value is -1.02. The van der Waals surface area contributed by atoms with Crippen LogP contribution in [0.1, 0.15) is 63.1 Å². The molecule has 20 heavy (non-hydrogen) atoms. The third-order valence-corrected chi connectivity index (χ3v) is 5.21. The monoisotopic (exact) mass is 273 g/mol. The second-order valence-corrected chi connectivity index (χ2v) is 7.26. The third-order valence-electron chi connectivity index (χ3n) is 5.21. The minimum Gasteiger partial charge on any atom is -0.497 e. The van der Waals surface area contributed by atoms with E-state index in [1.54, 1.807) is 7.11 Å². The lowest BCUT2D eigenvalue weighted by Crippen LogP contribution is -2.37. The molecule has 1 fully saturated rings. The first-order chi connectivity index (χ1) is 9.57. The molecule has 0 spiro atoms.